The molecule has 0 aliphatic rings. The van der Waals surface area contributed by atoms with Gasteiger partial charge in [0.25, 0.3) is 0 Å². The first-order valence-corrected chi connectivity index (χ1v) is 5.17. The topological polar surface area (TPSA) is 35.5 Å². The zero-order valence-electron chi connectivity index (χ0n) is 9.96. The Morgan fingerprint density at radius 2 is 2.06 bits per heavy atom. The highest BCUT2D eigenvalue weighted by Crippen LogP contribution is 2.27. The minimum absolute atomic E-state index is 0.168. The van der Waals surface area contributed by atoms with Crippen LogP contribution in [0.15, 0.2) is 24.8 Å². The fourth-order valence-electron chi connectivity index (χ4n) is 1.43. The number of benzene rings is 1. The average molecular weight is 238 g/mol. The quantitative estimate of drug-likeness (QED) is 0.740. The van der Waals surface area contributed by atoms with Gasteiger partial charge in [-0.2, -0.15) is 0 Å². The summed E-state index contributed by atoms with van der Waals surface area (Å²) in [4.78, 5) is 11.0. The molecule has 0 saturated carbocycles. The maximum absolute atomic E-state index is 13.8. The number of carbonyl (C=O) groups is 1. The van der Waals surface area contributed by atoms with E-state index in [-0.39, 0.29) is 18.1 Å². The predicted molar refractivity (Wildman–Crippen MR) is 63.2 cm³/mol. The van der Waals surface area contributed by atoms with Crippen molar-refractivity contribution >= 4 is 11.5 Å². The second kappa shape index (κ2) is 6.03. The summed E-state index contributed by atoms with van der Waals surface area (Å²) in [5.74, 6) is -0.624. The van der Waals surface area contributed by atoms with Crippen LogP contribution < -0.4 is 4.74 Å². The maximum Gasteiger partial charge on any atom is 0.305 e. The van der Waals surface area contributed by atoms with E-state index in [2.05, 4.69) is 11.3 Å². The monoisotopic (exact) mass is 238 g/mol. The summed E-state index contributed by atoms with van der Waals surface area (Å²) in [5, 5.41) is 0. The van der Waals surface area contributed by atoms with Crippen molar-refractivity contribution in [1.29, 1.82) is 0 Å². The van der Waals surface area contributed by atoms with Crippen molar-refractivity contribution < 1.29 is 18.7 Å². The van der Waals surface area contributed by atoms with Crippen LogP contribution in [0.2, 0.25) is 0 Å². The van der Waals surface area contributed by atoms with Crippen LogP contribution >= 0.6 is 0 Å². The number of hydrogen-bond donors (Lipinski definition) is 0. The maximum atomic E-state index is 13.8. The van der Waals surface area contributed by atoms with Gasteiger partial charge in [-0.15, -0.1) is 0 Å². The highest BCUT2D eigenvalue weighted by atomic mass is 19.1. The molecule has 0 bridgehead atoms. The molecule has 0 radical (unpaired) electrons. The van der Waals surface area contributed by atoms with E-state index in [0.717, 1.165) is 0 Å². The van der Waals surface area contributed by atoms with Crippen molar-refractivity contribution in [1.82, 2.24) is 0 Å². The van der Waals surface area contributed by atoms with Gasteiger partial charge >= 0.3 is 5.97 Å². The molecule has 1 rings (SSSR count). The molecule has 1 aromatic carbocycles. The van der Waals surface area contributed by atoms with Gasteiger partial charge in [0, 0.05) is 12.0 Å². The van der Waals surface area contributed by atoms with Crippen LogP contribution in [0.3, 0.4) is 0 Å². The van der Waals surface area contributed by atoms with E-state index in [1.54, 1.807) is 12.1 Å². The molecule has 0 fully saturated rings. The molecule has 0 aliphatic heterocycles. The lowest BCUT2D eigenvalue weighted by Crippen LogP contribution is -2.01. The molecule has 0 spiro atoms. The molecule has 1 aromatic rings. The van der Waals surface area contributed by atoms with Gasteiger partial charge in [-0.05, 0) is 18.1 Å². The number of carbonyl (C=O) groups excluding carboxylic acids is 1. The third-order valence-corrected chi connectivity index (χ3v) is 2.42. The Bertz CT molecular complexity index is 427. The Kier molecular flexibility index (Phi) is 4.69. The van der Waals surface area contributed by atoms with Crippen LogP contribution in [-0.4, -0.2) is 20.2 Å². The van der Waals surface area contributed by atoms with Gasteiger partial charge in [0.1, 0.15) is 0 Å². The first-order valence-electron chi connectivity index (χ1n) is 5.17. The molecule has 0 unspecified atom stereocenters. The van der Waals surface area contributed by atoms with Crippen LogP contribution in [0.5, 0.6) is 5.75 Å². The lowest BCUT2D eigenvalue weighted by atomic mass is 10.0. The van der Waals surface area contributed by atoms with Crippen LogP contribution in [0, 0.1) is 5.82 Å². The van der Waals surface area contributed by atoms with Gasteiger partial charge in [-0.3, -0.25) is 4.79 Å². The largest absolute Gasteiger partial charge is 0.494 e. The Morgan fingerprint density at radius 1 is 1.35 bits per heavy atom. The number of esters is 1. The van der Waals surface area contributed by atoms with Gasteiger partial charge in [-0.25, -0.2) is 4.39 Å². The molecule has 0 amide bonds. The van der Waals surface area contributed by atoms with E-state index in [1.165, 1.54) is 20.3 Å². The molecule has 0 aromatic heterocycles. The van der Waals surface area contributed by atoms with Crippen molar-refractivity contribution in [3.05, 3.63) is 36.2 Å². The molecule has 3 nitrogen and oxygen atoms in total. The molecular formula is C13H15FO3. The number of methoxy groups -OCH3 is 2. The minimum atomic E-state index is -0.454. The number of hydrogen-bond acceptors (Lipinski definition) is 3. The van der Waals surface area contributed by atoms with Gasteiger partial charge in [0.2, 0.25) is 0 Å². The fourth-order valence-corrected chi connectivity index (χ4v) is 1.43. The van der Waals surface area contributed by atoms with Gasteiger partial charge < -0.3 is 9.47 Å². The Hall–Kier alpha value is -1.84. The molecule has 17 heavy (non-hydrogen) atoms. The van der Waals surface area contributed by atoms with Crippen molar-refractivity contribution in [3.63, 3.8) is 0 Å². The lowest BCUT2D eigenvalue weighted by molar-refractivity contribution is -0.140. The van der Waals surface area contributed by atoms with E-state index in [0.29, 0.717) is 17.6 Å². The average Bonchev–Trinajstić information content (AvgIpc) is 2.35. The molecule has 0 saturated heterocycles. The zero-order valence-corrected chi connectivity index (χ0v) is 9.96. The molecule has 0 aliphatic carbocycles. The van der Waals surface area contributed by atoms with Crippen LogP contribution in [0.25, 0.3) is 5.57 Å². The second-order valence-corrected chi connectivity index (χ2v) is 3.50. The standard InChI is InChI=1S/C13H15FO3/c1-9(7-8-12(15)17-3)10-5-4-6-11(16-2)13(10)14/h4-6H,1,7-8H2,2-3H3. The summed E-state index contributed by atoms with van der Waals surface area (Å²) in [6.07, 6.45) is 0.544. The summed E-state index contributed by atoms with van der Waals surface area (Å²) in [7, 11) is 2.72. The molecule has 0 atom stereocenters. The first kappa shape index (κ1) is 13.2. The second-order valence-electron chi connectivity index (χ2n) is 3.50. The Balaban J connectivity index is 2.79. The highest BCUT2D eigenvalue weighted by molar-refractivity contribution is 5.74. The van der Waals surface area contributed by atoms with Gasteiger partial charge in [-0.1, -0.05) is 18.7 Å². The molecule has 92 valence electrons. The van der Waals surface area contributed by atoms with Crippen molar-refractivity contribution in [2.45, 2.75) is 12.8 Å². The highest BCUT2D eigenvalue weighted by Gasteiger charge is 2.12. The number of ether oxygens (including phenoxy) is 2. The summed E-state index contributed by atoms with van der Waals surface area (Å²) in [6, 6.07) is 4.82. The van der Waals surface area contributed by atoms with Crippen molar-refractivity contribution in [3.8, 4) is 5.75 Å². The van der Waals surface area contributed by atoms with Crippen molar-refractivity contribution in [2.75, 3.05) is 14.2 Å². The fraction of sp³-hybridized carbons (Fsp3) is 0.308. The smallest absolute Gasteiger partial charge is 0.305 e. The van der Waals surface area contributed by atoms with Gasteiger partial charge in [0.05, 0.1) is 14.2 Å². The number of halogens is 1. The summed E-state index contributed by atoms with van der Waals surface area (Å²) in [6.45, 7) is 3.76. The first-order chi connectivity index (χ1) is 8.10. The number of allylic oxidation sites excluding steroid dienone is 1. The van der Waals surface area contributed by atoms with E-state index in [4.69, 9.17) is 4.74 Å². The number of rotatable bonds is 5. The molecular weight excluding hydrogens is 223 g/mol. The lowest BCUT2D eigenvalue weighted by Gasteiger charge is -2.09. The molecule has 4 heteroatoms. The van der Waals surface area contributed by atoms with E-state index < -0.39 is 5.82 Å². The summed E-state index contributed by atoms with van der Waals surface area (Å²) >= 11 is 0. The normalized spacial score (nSPS) is 9.82. The third kappa shape index (κ3) is 3.31. The van der Waals surface area contributed by atoms with Gasteiger partial charge in [0.15, 0.2) is 11.6 Å². The molecule has 0 heterocycles. The van der Waals surface area contributed by atoms with Crippen LogP contribution in [-0.2, 0) is 9.53 Å². The Morgan fingerprint density at radius 3 is 2.65 bits per heavy atom. The SMILES string of the molecule is C=C(CCC(=O)OC)c1cccc(OC)c1F. The van der Waals surface area contributed by atoms with Crippen LogP contribution in [0.4, 0.5) is 4.39 Å². The van der Waals surface area contributed by atoms with Crippen LogP contribution in [0.1, 0.15) is 18.4 Å². The predicted octanol–water partition coefficient (Wildman–Crippen LogP) is 2.80. The third-order valence-electron chi connectivity index (χ3n) is 2.42. The molecule has 0 N–H and O–H groups in total. The zero-order chi connectivity index (χ0) is 12.8. The van der Waals surface area contributed by atoms with E-state index in [9.17, 15) is 9.18 Å². The summed E-state index contributed by atoms with van der Waals surface area (Å²) < 4.78 is 23.2. The minimum Gasteiger partial charge on any atom is -0.494 e. The van der Waals surface area contributed by atoms with E-state index in [1.807, 2.05) is 0 Å². The van der Waals surface area contributed by atoms with Crippen molar-refractivity contribution in [2.24, 2.45) is 0 Å². The van der Waals surface area contributed by atoms with E-state index >= 15 is 0 Å². The Labute approximate surface area is 99.9 Å². The summed E-state index contributed by atoms with van der Waals surface area (Å²) in [5.41, 5.74) is 0.917.